The SMILES string of the molecule is CCCCCCCCCCCCOCCOCCOCCOCCOCCOCCNC(=O)OCC1c2ccccc2-c2ccccc21. The van der Waals surface area contributed by atoms with E-state index in [0.717, 1.165) is 13.0 Å². The van der Waals surface area contributed by atoms with Crippen LogP contribution in [-0.4, -0.2) is 98.5 Å². The van der Waals surface area contributed by atoms with Gasteiger partial charge >= 0.3 is 6.09 Å². The Morgan fingerprint density at radius 2 is 0.917 bits per heavy atom. The summed E-state index contributed by atoms with van der Waals surface area (Å²) in [5.41, 5.74) is 4.81. The van der Waals surface area contributed by atoms with Gasteiger partial charge in [-0.1, -0.05) is 113 Å². The highest BCUT2D eigenvalue weighted by atomic mass is 16.6. The second-order valence-electron chi connectivity index (χ2n) is 12.1. The zero-order valence-electron chi connectivity index (χ0n) is 29.4. The number of unbranched alkanes of at least 4 members (excludes halogenated alkanes) is 9. The summed E-state index contributed by atoms with van der Waals surface area (Å²) < 4.78 is 38.9. The van der Waals surface area contributed by atoms with Crippen LogP contribution in [0.15, 0.2) is 48.5 Å². The Kier molecular flexibility index (Phi) is 22.7. The van der Waals surface area contributed by atoms with E-state index in [0.29, 0.717) is 85.8 Å². The predicted molar refractivity (Wildman–Crippen MR) is 190 cm³/mol. The van der Waals surface area contributed by atoms with E-state index in [4.69, 9.17) is 33.2 Å². The lowest BCUT2D eigenvalue weighted by atomic mass is 9.98. The Labute approximate surface area is 289 Å². The normalized spacial score (nSPS) is 12.3. The Morgan fingerprint density at radius 1 is 0.521 bits per heavy atom. The molecule has 0 radical (unpaired) electrons. The summed E-state index contributed by atoms with van der Waals surface area (Å²) in [5, 5.41) is 2.75. The first-order chi connectivity index (χ1) is 23.8. The molecule has 270 valence electrons. The van der Waals surface area contributed by atoms with Gasteiger partial charge in [0, 0.05) is 19.1 Å². The Bertz CT molecular complexity index is 1040. The largest absolute Gasteiger partial charge is 0.449 e. The van der Waals surface area contributed by atoms with E-state index in [1.807, 2.05) is 24.3 Å². The predicted octanol–water partition coefficient (Wildman–Crippen LogP) is 7.55. The van der Waals surface area contributed by atoms with Crippen molar-refractivity contribution in [1.82, 2.24) is 5.32 Å². The van der Waals surface area contributed by atoms with Crippen LogP contribution in [0.4, 0.5) is 4.79 Å². The van der Waals surface area contributed by atoms with Crippen molar-refractivity contribution < 1.29 is 38.0 Å². The fourth-order valence-corrected chi connectivity index (χ4v) is 5.77. The van der Waals surface area contributed by atoms with Gasteiger partial charge in [-0.05, 0) is 28.7 Å². The highest BCUT2D eigenvalue weighted by Crippen LogP contribution is 2.44. The third-order valence-corrected chi connectivity index (χ3v) is 8.36. The summed E-state index contributed by atoms with van der Waals surface area (Å²) in [6.45, 7) is 9.45. The van der Waals surface area contributed by atoms with Crippen molar-refractivity contribution in [2.45, 2.75) is 77.0 Å². The van der Waals surface area contributed by atoms with Gasteiger partial charge in [0.1, 0.15) is 6.61 Å². The zero-order valence-corrected chi connectivity index (χ0v) is 29.4. The number of amides is 1. The molecule has 48 heavy (non-hydrogen) atoms. The monoisotopic (exact) mass is 671 g/mol. The van der Waals surface area contributed by atoms with Crippen LogP contribution in [0, 0.1) is 0 Å². The van der Waals surface area contributed by atoms with Gasteiger partial charge in [0.25, 0.3) is 0 Å². The van der Waals surface area contributed by atoms with E-state index in [2.05, 4.69) is 36.5 Å². The lowest BCUT2D eigenvalue weighted by molar-refractivity contribution is -0.0167. The smallest absolute Gasteiger partial charge is 0.407 e. The van der Waals surface area contributed by atoms with Crippen LogP contribution in [0.1, 0.15) is 88.2 Å². The number of fused-ring (bicyclic) bond motifs is 3. The molecule has 0 atom stereocenters. The minimum atomic E-state index is -0.440. The molecule has 0 unspecified atom stereocenters. The lowest BCUT2D eigenvalue weighted by Crippen LogP contribution is -2.29. The lowest BCUT2D eigenvalue weighted by Gasteiger charge is -2.14. The van der Waals surface area contributed by atoms with Gasteiger partial charge in [0.05, 0.1) is 72.7 Å². The van der Waals surface area contributed by atoms with Gasteiger partial charge in [0.2, 0.25) is 0 Å². The quantitative estimate of drug-likeness (QED) is 0.0822. The summed E-state index contributed by atoms with van der Waals surface area (Å²) in [7, 11) is 0. The maximum Gasteiger partial charge on any atom is 0.407 e. The van der Waals surface area contributed by atoms with E-state index in [9.17, 15) is 4.79 Å². The first-order valence-corrected chi connectivity index (χ1v) is 18.4. The molecule has 0 aromatic heterocycles. The highest BCUT2D eigenvalue weighted by molar-refractivity contribution is 5.79. The summed E-state index contributed by atoms with van der Waals surface area (Å²) in [6, 6.07) is 16.6. The van der Waals surface area contributed by atoms with Gasteiger partial charge in [-0.25, -0.2) is 4.79 Å². The third kappa shape index (κ3) is 17.2. The van der Waals surface area contributed by atoms with Crippen LogP contribution in [-0.2, 0) is 33.2 Å². The van der Waals surface area contributed by atoms with Crippen molar-refractivity contribution in [2.75, 3.05) is 92.4 Å². The van der Waals surface area contributed by atoms with Crippen LogP contribution in [0.2, 0.25) is 0 Å². The number of ether oxygens (including phenoxy) is 7. The average Bonchev–Trinajstić information content (AvgIpc) is 3.43. The Hall–Kier alpha value is -2.53. The number of carbonyl (C=O) groups is 1. The molecule has 0 spiro atoms. The van der Waals surface area contributed by atoms with Crippen LogP contribution >= 0.6 is 0 Å². The zero-order chi connectivity index (χ0) is 33.7. The molecule has 1 N–H and O–H groups in total. The van der Waals surface area contributed by atoms with Crippen molar-refractivity contribution in [3.05, 3.63) is 59.7 Å². The average molecular weight is 672 g/mol. The van der Waals surface area contributed by atoms with Crippen LogP contribution in [0.3, 0.4) is 0 Å². The fraction of sp³-hybridized carbons (Fsp3) is 0.667. The molecule has 2 aromatic rings. The number of hydrogen-bond donors (Lipinski definition) is 1. The molecule has 9 heteroatoms. The summed E-state index contributed by atoms with van der Waals surface area (Å²) >= 11 is 0. The minimum Gasteiger partial charge on any atom is -0.449 e. The summed E-state index contributed by atoms with van der Waals surface area (Å²) in [5.74, 6) is 0.0483. The number of hydrogen-bond acceptors (Lipinski definition) is 8. The Balaban J connectivity index is 0.986. The van der Waals surface area contributed by atoms with Crippen molar-refractivity contribution >= 4 is 6.09 Å². The van der Waals surface area contributed by atoms with Gasteiger partial charge in [-0.3, -0.25) is 0 Å². The number of nitrogens with one attached hydrogen (secondary N) is 1. The molecule has 3 rings (SSSR count). The maximum absolute atomic E-state index is 12.2. The van der Waals surface area contributed by atoms with Gasteiger partial charge in [-0.15, -0.1) is 0 Å². The molecule has 1 aliphatic rings. The maximum atomic E-state index is 12.2. The third-order valence-electron chi connectivity index (χ3n) is 8.36. The first-order valence-electron chi connectivity index (χ1n) is 18.4. The molecule has 0 heterocycles. The van der Waals surface area contributed by atoms with Gasteiger partial charge < -0.3 is 38.5 Å². The topological polar surface area (TPSA) is 93.7 Å². The number of benzene rings is 2. The molecular weight excluding hydrogens is 610 g/mol. The van der Waals surface area contributed by atoms with E-state index < -0.39 is 6.09 Å². The van der Waals surface area contributed by atoms with Gasteiger partial charge in [0.15, 0.2) is 0 Å². The fourth-order valence-electron chi connectivity index (χ4n) is 5.77. The minimum absolute atomic E-state index is 0.0483. The van der Waals surface area contributed by atoms with E-state index in [1.165, 1.54) is 80.0 Å². The van der Waals surface area contributed by atoms with Gasteiger partial charge in [-0.2, -0.15) is 0 Å². The number of alkyl carbamates (subject to hydrolysis) is 1. The van der Waals surface area contributed by atoms with E-state index in [1.54, 1.807) is 0 Å². The number of rotatable bonds is 31. The van der Waals surface area contributed by atoms with Crippen molar-refractivity contribution in [3.8, 4) is 11.1 Å². The molecule has 2 aromatic carbocycles. The molecule has 9 nitrogen and oxygen atoms in total. The first kappa shape index (κ1) is 39.9. The second kappa shape index (κ2) is 27.3. The van der Waals surface area contributed by atoms with E-state index >= 15 is 0 Å². The van der Waals surface area contributed by atoms with E-state index in [-0.39, 0.29) is 5.92 Å². The van der Waals surface area contributed by atoms with Crippen LogP contribution < -0.4 is 5.32 Å². The Morgan fingerprint density at radius 3 is 1.40 bits per heavy atom. The molecule has 0 saturated carbocycles. The molecule has 0 bridgehead atoms. The molecule has 1 aliphatic carbocycles. The van der Waals surface area contributed by atoms with Crippen molar-refractivity contribution in [1.29, 1.82) is 0 Å². The highest BCUT2D eigenvalue weighted by Gasteiger charge is 2.28. The molecule has 0 saturated heterocycles. The van der Waals surface area contributed by atoms with Crippen molar-refractivity contribution in [2.24, 2.45) is 0 Å². The second-order valence-corrected chi connectivity index (χ2v) is 12.1. The van der Waals surface area contributed by atoms with Crippen molar-refractivity contribution in [3.63, 3.8) is 0 Å². The molecule has 1 amide bonds. The summed E-state index contributed by atoms with van der Waals surface area (Å²) in [4.78, 5) is 12.2. The molecule has 0 aliphatic heterocycles. The standard InChI is InChI=1S/C39H61NO8/c1-2-3-4-5-6-7-8-9-10-15-21-42-23-25-44-27-29-46-31-32-47-30-28-45-26-24-43-22-20-40-39(41)48-33-38-36-18-13-11-16-34(36)35-17-12-14-19-37(35)38/h11-14,16-19,38H,2-10,15,20-33H2,1H3,(H,40,41). The van der Waals surface area contributed by atoms with Crippen LogP contribution in [0.5, 0.6) is 0 Å². The molecule has 0 fully saturated rings. The molecular formula is C39H61NO8. The summed E-state index contributed by atoms with van der Waals surface area (Å²) in [6.07, 6.45) is 12.9. The van der Waals surface area contributed by atoms with Crippen LogP contribution in [0.25, 0.3) is 11.1 Å². The number of carbonyl (C=O) groups excluding carboxylic acids is 1.